The van der Waals surface area contributed by atoms with E-state index in [9.17, 15) is 24.3 Å². The van der Waals surface area contributed by atoms with Gasteiger partial charge in [-0.2, -0.15) is 0 Å². The minimum atomic E-state index is -1.79. The Kier molecular flexibility index (Phi) is 12.0. The van der Waals surface area contributed by atoms with Crippen molar-refractivity contribution in [1.29, 1.82) is 0 Å². The maximum atomic E-state index is 14.3. The number of unbranched alkanes of at least 4 members (excludes halogenated alkanes) is 1. The van der Waals surface area contributed by atoms with Gasteiger partial charge in [-0.1, -0.05) is 88.2 Å². The fourth-order valence-corrected chi connectivity index (χ4v) is 7.71. The van der Waals surface area contributed by atoms with E-state index in [4.69, 9.17) is 16.3 Å². The molecule has 0 fully saturated rings. The average Bonchev–Trinajstić information content (AvgIpc) is 3.57. The molecule has 2 aliphatic rings. The lowest BCUT2D eigenvalue weighted by molar-refractivity contribution is -0.151. The van der Waals surface area contributed by atoms with Gasteiger partial charge in [-0.25, -0.2) is 0 Å². The Labute approximate surface area is 276 Å². The number of hydrogen-bond donors (Lipinski definition) is 3. The second kappa shape index (κ2) is 15.7. The Morgan fingerprint density at radius 2 is 1.84 bits per heavy atom. The van der Waals surface area contributed by atoms with Gasteiger partial charge in [0.05, 0.1) is 13.2 Å². The maximum Gasteiger partial charge on any atom is 0.323 e. The molecule has 1 aliphatic heterocycles. The molecule has 0 bridgehead atoms. The van der Waals surface area contributed by atoms with Crippen LogP contribution >= 0.6 is 33.2 Å². The standard InChI is InChI=1S/C34H37ClN2O6S2/c1-33(32(42)43-2,25-12-14-26(38)15-13-25)30(40)28(36-31(41)24-8-4-3-5-9-24)22-23-16-19-34(35,20-17-23)37-29(39)11-7-6-10-27-18-21-44-45-27/h3-5,8-9,12-19,21,27-28,38H,6-7,10-11,20,22H2,1-2H3,(H,36,41)(H,37,39). The number of ketones is 1. The van der Waals surface area contributed by atoms with Gasteiger partial charge in [-0.05, 0) is 73.1 Å². The number of carbonyl (C=O) groups excluding carboxylic acids is 4. The van der Waals surface area contributed by atoms with E-state index in [0.717, 1.165) is 19.3 Å². The number of amides is 2. The molecule has 0 aromatic heterocycles. The number of allylic oxidation sites excluding steroid dienone is 1. The number of halogens is 1. The minimum absolute atomic E-state index is 0.0266. The molecule has 1 heterocycles. The summed E-state index contributed by atoms with van der Waals surface area (Å²) in [4.78, 5) is 52.2. The molecular weight excluding hydrogens is 632 g/mol. The van der Waals surface area contributed by atoms with Gasteiger partial charge in [-0.15, -0.1) is 0 Å². The third kappa shape index (κ3) is 9.05. The van der Waals surface area contributed by atoms with E-state index < -0.39 is 34.1 Å². The highest BCUT2D eigenvalue weighted by Crippen LogP contribution is 2.38. The summed E-state index contributed by atoms with van der Waals surface area (Å²) in [6, 6.07) is 13.1. The number of rotatable bonds is 14. The van der Waals surface area contributed by atoms with Gasteiger partial charge in [0.1, 0.15) is 10.7 Å². The monoisotopic (exact) mass is 668 g/mol. The van der Waals surface area contributed by atoms with E-state index in [2.05, 4.69) is 22.1 Å². The van der Waals surface area contributed by atoms with Gasteiger partial charge < -0.3 is 20.5 Å². The van der Waals surface area contributed by atoms with Crippen molar-refractivity contribution in [3.05, 3.63) is 101 Å². The Hall–Kier alpha value is -3.47. The van der Waals surface area contributed by atoms with Crippen molar-refractivity contribution in [3.8, 4) is 5.75 Å². The lowest BCUT2D eigenvalue weighted by Gasteiger charge is -2.32. The molecule has 4 atom stereocenters. The zero-order valence-corrected chi connectivity index (χ0v) is 27.6. The first kappa shape index (κ1) is 34.4. The predicted octanol–water partition coefficient (Wildman–Crippen LogP) is 6.36. The highest BCUT2D eigenvalue weighted by molar-refractivity contribution is 8.78. The first-order valence-corrected chi connectivity index (χ1v) is 17.3. The smallest absolute Gasteiger partial charge is 0.323 e. The third-order valence-electron chi connectivity index (χ3n) is 7.87. The van der Waals surface area contributed by atoms with Crippen LogP contribution in [0.5, 0.6) is 5.75 Å². The number of phenolic OH excluding ortho intramolecular Hbond substituents is 1. The van der Waals surface area contributed by atoms with Crippen LogP contribution in [-0.4, -0.2) is 52.1 Å². The zero-order valence-electron chi connectivity index (χ0n) is 25.2. The van der Waals surface area contributed by atoms with Gasteiger partial charge >= 0.3 is 5.97 Å². The zero-order chi connectivity index (χ0) is 32.5. The molecule has 2 amide bonds. The van der Waals surface area contributed by atoms with Crippen molar-refractivity contribution in [1.82, 2.24) is 10.6 Å². The van der Waals surface area contributed by atoms with Gasteiger partial charge in [0.15, 0.2) is 11.2 Å². The number of carbonyl (C=O) groups is 4. The summed E-state index contributed by atoms with van der Waals surface area (Å²) in [5, 5.41) is 18.1. The van der Waals surface area contributed by atoms with Gasteiger partial charge in [-0.3, -0.25) is 19.2 Å². The summed E-state index contributed by atoms with van der Waals surface area (Å²) in [6.07, 6.45) is 10.9. The SMILES string of the molecule is COC(=O)C(C)(C(=O)C(CC1=CCC(Cl)(NC(=O)CCCCC2C=CSS2)C=C1)NC(=O)c1ccccc1)c1ccc(O)cc1. The molecule has 238 valence electrons. The number of methoxy groups -OCH3 is 1. The first-order chi connectivity index (χ1) is 21.5. The molecule has 0 radical (unpaired) electrons. The molecule has 11 heteroatoms. The second-order valence-corrected chi connectivity index (χ2v) is 14.2. The Balaban J connectivity index is 1.47. The number of hydrogen-bond acceptors (Lipinski definition) is 8. The van der Waals surface area contributed by atoms with Crippen LogP contribution in [0.25, 0.3) is 0 Å². The van der Waals surface area contributed by atoms with Crippen LogP contribution in [0.15, 0.2) is 89.9 Å². The quantitative estimate of drug-likeness (QED) is 0.0531. The Morgan fingerprint density at radius 3 is 2.47 bits per heavy atom. The second-order valence-electron chi connectivity index (χ2n) is 11.2. The summed E-state index contributed by atoms with van der Waals surface area (Å²) >= 11 is 6.74. The number of aromatic hydroxyl groups is 1. The van der Waals surface area contributed by atoms with Gasteiger partial charge in [0.2, 0.25) is 5.91 Å². The van der Waals surface area contributed by atoms with Crippen LogP contribution in [0.4, 0.5) is 0 Å². The molecule has 45 heavy (non-hydrogen) atoms. The molecule has 3 N–H and O–H groups in total. The fraction of sp³-hybridized carbons (Fsp3) is 0.353. The van der Waals surface area contributed by atoms with Crippen LogP contribution in [0.1, 0.15) is 61.4 Å². The number of alkyl halides is 1. The van der Waals surface area contributed by atoms with Crippen molar-refractivity contribution >= 4 is 56.8 Å². The van der Waals surface area contributed by atoms with Gasteiger partial charge in [0, 0.05) is 23.7 Å². The van der Waals surface area contributed by atoms with Crippen molar-refractivity contribution in [2.45, 2.75) is 67.2 Å². The normalized spacial score (nSPS) is 20.9. The lowest BCUT2D eigenvalue weighted by atomic mass is 9.74. The van der Waals surface area contributed by atoms with E-state index in [1.54, 1.807) is 53.3 Å². The lowest BCUT2D eigenvalue weighted by Crippen LogP contribution is -2.53. The van der Waals surface area contributed by atoms with E-state index >= 15 is 0 Å². The number of phenols is 1. The summed E-state index contributed by atoms with van der Waals surface area (Å²) in [7, 11) is 4.76. The molecule has 0 spiro atoms. The Morgan fingerprint density at radius 1 is 1.11 bits per heavy atom. The fourth-order valence-electron chi connectivity index (χ4n) is 5.21. The highest BCUT2D eigenvalue weighted by atomic mass is 35.5. The molecule has 2 aromatic rings. The number of benzene rings is 2. The first-order valence-electron chi connectivity index (χ1n) is 14.7. The van der Waals surface area contributed by atoms with E-state index in [0.29, 0.717) is 28.4 Å². The largest absolute Gasteiger partial charge is 0.508 e. The van der Waals surface area contributed by atoms with E-state index in [1.807, 2.05) is 16.9 Å². The van der Waals surface area contributed by atoms with Crippen LogP contribution in [0.3, 0.4) is 0 Å². The summed E-state index contributed by atoms with van der Waals surface area (Å²) in [5.41, 5.74) is -0.423. The molecule has 0 saturated carbocycles. The van der Waals surface area contributed by atoms with Gasteiger partial charge in [0.25, 0.3) is 5.91 Å². The summed E-state index contributed by atoms with van der Waals surface area (Å²) in [5.74, 6) is -2.03. The number of Topliss-reactive ketones (excluding diaryl/α,β-unsaturated/α-hetero) is 1. The number of esters is 1. The van der Waals surface area contributed by atoms with E-state index in [-0.39, 0.29) is 24.5 Å². The van der Waals surface area contributed by atoms with Crippen LogP contribution in [0, 0.1) is 0 Å². The molecule has 0 saturated heterocycles. The minimum Gasteiger partial charge on any atom is -0.508 e. The van der Waals surface area contributed by atoms with Crippen LogP contribution < -0.4 is 10.6 Å². The molecule has 2 aromatic carbocycles. The highest BCUT2D eigenvalue weighted by Gasteiger charge is 2.47. The van der Waals surface area contributed by atoms with Crippen LogP contribution in [0.2, 0.25) is 0 Å². The molecule has 4 rings (SSSR count). The van der Waals surface area contributed by atoms with Crippen molar-refractivity contribution in [3.63, 3.8) is 0 Å². The van der Waals surface area contributed by atoms with Crippen LogP contribution in [-0.2, 0) is 24.5 Å². The average molecular weight is 669 g/mol. The number of nitrogens with one attached hydrogen (secondary N) is 2. The molecule has 8 nitrogen and oxygen atoms in total. The summed E-state index contributed by atoms with van der Waals surface area (Å²) in [6.45, 7) is 1.45. The van der Waals surface area contributed by atoms with Crippen molar-refractivity contribution in [2.75, 3.05) is 7.11 Å². The Bertz CT molecular complexity index is 1480. The predicted molar refractivity (Wildman–Crippen MR) is 180 cm³/mol. The topological polar surface area (TPSA) is 122 Å². The molecule has 4 unspecified atom stereocenters. The van der Waals surface area contributed by atoms with E-state index in [1.165, 1.54) is 38.3 Å². The summed E-state index contributed by atoms with van der Waals surface area (Å²) < 4.78 is 5.05. The molecular formula is C34H37ClN2O6S2. The van der Waals surface area contributed by atoms with Crippen molar-refractivity contribution < 1.29 is 29.0 Å². The molecule has 1 aliphatic carbocycles. The number of ether oxygens (including phenoxy) is 1. The maximum absolute atomic E-state index is 14.3. The third-order valence-corrected chi connectivity index (χ3v) is 10.7. The van der Waals surface area contributed by atoms with Crippen molar-refractivity contribution in [2.24, 2.45) is 0 Å².